The number of alkyl halides is 3. The summed E-state index contributed by atoms with van der Waals surface area (Å²) in [4.78, 5) is 31.9. The molecular formula is C23H19F3N6O2. The molecule has 1 aliphatic rings. The molecule has 3 aromatic rings. The lowest BCUT2D eigenvalue weighted by Gasteiger charge is -2.33. The molecule has 11 heteroatoms. The van der Waals surface area contributed by atoms with E-state index in [1.807, 2.05) is 6.07 Å². The van der Waals surface area contributed by atoms with Gasteiger partial charge in [-0.1, -0.05) is 12.1 Å². The Labute approximate surface area is 192 Å². The Morgan fingerprint density at radius 2 is 2.06 bits per heavy atom. The zero-order chi connectivity index (χ0) is 24.5. The van der Waals surface area contributed by atoms with Crippen LogP contribution < -0.4 is 10.2 Å². The SMILES string of the molecule is C[C@H]1Cn2ncc(C(=O)Nc3cccc(C#N)c3)c2C(=O)N1c1ccc(CCC(F)(F)F)cn1. The van der Waals surface area contributed by atoms with Gasteiger partial charge < -0.3 is 5.32 Å². The van der Waals surface area contributed by atoms with E-state index in [0.29, 0.717) is 23.4 Å². The van der Waals surface area contributed by atoms with Crippen LogP contribution in [-0.2, 0) is 13.0 Å². The van der Waals surface area contributed by atoms with E-state index in [4.69, 9.17) is 5.26 Å². The van der Waals surface area contributed by atoms with Crippen molar-refractivity contribution in [1.29, 1.82) is 5.26 Å². The zero-order valence-electron chi connectivity index (χ0n) is 18.0. The topological polar surface area (TPSA) is 104 Å². The second-order valence-electron chi connectivity index (χ2n) is 7.90. The second kappa shape index (κ2) is 8.97. The molecule has 8 nitrogen and oxygen atoms in total. The Morgan fingerprint density at radius 1 is 1.26 bits per heavy atom. The number of rotatable bonds is 5. The number of nitrogens with one attached hydrogen (secondary N) is 1. The number of halogens is 3. The lowest BCUT2D eigenvalue weighted by molar-refractivity contribution is -0.134. The van der Waals surface area contributed by atoms with Gasteiger partial charge in [0.1, 0.15) is 11.5 Å². The third-order valence-corrected chi connectivity index (χ3v) is 5.39. The normalized spacial score (nSPS) is 15.6. The first kappa shape index (κ1) is 23.0. The van der Waals surface area contributed by atoms with Crippen LogP contribution in [0.2, 0.25) is 0 Å². The summed E-state index contributed by atoms with van der Waals surface area (Å²) in [5, 5.41) is 15.9. The van der Waals surface area contributed by atoms with E-state index in [2.05, 4.69) is 15.4 Å². The van der Waals surface area contributed by atoms with Crippen molar-refractivity contribution < 1.29 is 22.8 Å². The highest BCUT2D eigenvalue weighted by Crippen LogP contribution is 2.27. The van der Waals surface area contributed by atoms with Crippen LogP contribution in [-0.4, -0.2) is 38.8 Å². The van der Waals surface area contributed by atoms with E-state index >= 15 is 0 Å². The summed E-state index contributed by atoms with van der Waals surface area (Å²) < 4.78 is 38.9. The van der Waals surface area contributed by atoms with Gasteiger partial charge in [-0.3, -0.25) is 19.2 Å². The fourth-order valence-electron chi connectivity index (χ4n) is 3.75. The van der Waals surface area contributed by atoms with Crippen molar-refractivity contribution in [3.8, 4) is 6.07 Å². The number of pyridine rings is 1. The molecule has 174 valence electrons. The van der Waals surface area contributed by atoms with Crippen molar-refractivity contribution in [3.63, 3.8) is 0 Å². The molecule has 1 N–H and O–H groups in total. The van der Waals surface area contributed by atoms with Crippen LogP contribution in [0.15, 0.2) is 48.8 Å². The maximum atomic E-state index is 13.4. The summed E-state index contributed by atoms with van der Waals surface area (Å²) >= 11 is 0. The van der Waals surface area contributed by atoms with Crippen LogP contribution in [0, 0.1) is 11.3 Å². The van der Waals surface area contributed by atoms with Crippen molar-refractivity contribution in [1.82, 2.24) is 14.8 Å². The summed E-state index contributed by atoms with van der Waals surface area (Å²) in [6, 6.07) is 11.0. The molecule has 0 aliphatic carbocycles. The lowest BCUT2D eigenvalue weighted by atomic mass is 10.1. The van der Waals surface area contributed by atoms with E-state index in [1.54, 1.807) is 25.1 Å². The summed E-state index contributed by atoms with van der Waals surface area (Å²) in [5.74, 6) is -0.786. The molecule has 0 spiro atoms. The number of carbonyl (C=O) groups is 2. The molecule has 4 rings (SSSR count). The van der Waals surface area contributed by atoms with Crippen molar-refractivity contribution in [2.75, 3.05) is 10.2 Å². The Hall–Kier alpha value is -4.20. The van der Waals surface area contributed by atoms with Gasteiger partial charge in [-0.25, -0.2) is 4.98 Å². The van der Waals surface area contributed by atoms with Crippen LogP contribution in [0.3, 0.4) is 0 Å². The van der Waals surface area contributed by atoms with Crippen molar-refractivity contribution in [2.24, 2.45) is 0 Å². The third kappa shape index (κ3) is 4.76. The molecule has 0 saturated carbocycles. The predicted molar refractivity (Wildman–Crippen MR) is 116 cm³/mol. The van der Waals surface area contributed by atoms with Crippen LogP contribution in [0.25, 0.3) is 0 Å². The Bertz CT molecular complexity index is 1280. The summed E-state index contributed by atoms with van der Waals surface area (Å²) in [6.45, 7) is 2.09. The molecule has 3 heterocycles. The molecular weight excluding hydrogens is 449 g/mol. The van der Waals surface area contributed by atoms with Crippen LogP contribution in [0.5, 0.6) is 0 Å². The number of aryl methyl sites for hydroxylation is 1. The average molecular weight is 468 g/mol. The third-order valence-electron chi connectivity index (χ3n) is 5.39. The quantitative estimate of drug-likeness (QED) is 0.611. The van der Waals surface area contributed by atoms with Crippen molar-refractivity contribution >= 4 is 23.3 Å². The lowest BCUT2D eigenvalue weighted by Crippen LogP contribution is -2.48. The fraction of sp³-hybridized carbons (Fsp3) is 0.261. The molecule has 0 saturated heterocycles. The minimum absolute atomic E-state index is 0.0612. The average Bonchev–Trinajstić information content (AvgIpc) is 3.22. The van der Waals surface area contributed by atoms with Crippen LogP contribution in [0.4, 0.5) is 24.7 Å². The number of benzene rings is 1. The van der Waals surface area contributed by atoms with Gasteiger partial charge in [0.05, 0.1) is 36.0 Å². The molecule has 1 aliphatic heterocycles. The number of hydrogen-bond donors (Lipinski definition) is 1. The second-order valence-corrected chi connectivity index (χ2v) is 7.90. The number of anilines is 2. The first-order valence-corrected chi connectivity index (χ1v) is 10.4. The molecule has 0 fully saturated rings. The molecule has 0 radical (unpaired) electrons. The van der Waals surface area contributed by atoms with E-state index in [9.17, 15) is 22.8 Å². The smallest absolute Gasteiger partial charge is 0.322 e. The maximum absolute atomic E-state index is 13.4. The molecule has 0 unspecified atom stereocenters. The van der Waals surface area contributed by atoms with E-state index < -0.39 is 24.4 Å². The van der Waals surface area contributed by atoms with Crippen molar-refractivity contribution in [3.05, 3.63) is 71.2 Å². The summed E-state index contributed by atoms with van der Waals surface area (Å²) in [6.07, 6.45) is -2.79. The maximum Gasteiger partial charge on any atom is 0.389 e. The number of carbonyl (C=O) groups excluding carboxylic acids is 2. The monoisotopic (exact) mass is 468 g/mol. The van der Waals surface area contributed by atoms with Gasteiger partial charge in [-0.05, 0) is 43.2 Å². The first-order valence-electron chi connectivity index (χ1n) is 10.4. The summed E-state index contributed by atoms with van der Waals surface area (Å²) in [5.41, 5.74) is 1.31. The largest absolute Gasteiger partial charge is 0.389 e. The zero-order valence-corrected chi connectivity index (χ0v) is 18.0. The number of nitriles is 1. The fourth-order valence-corrected chi connectivity index (χ4v) is 3.75. The summed E-state index contributed by atoms with van der Waals surface area (Å²) in [7, 11) is 0. The number of fused-ring (bicyclic) bond motifs is 1. The number of nitrogens with zero attached hydrogens (tertiary/aromatic N) is 5. The van der Waals surface area contributed by atoms with Gasteiger partial charge in [0.15, 0.2) is 0 Å². The first-order chi connectivity index (χ1) is 16.2. The van der Waals surface area contributed by atoms with Crippen molar-refractivity contribution in [2.45, 2.75) is 38.5 Å². The van der Waals surface area contributed by atoms with Crippen LogP contribution in [0.1, 0.15) is 45.3 Å². The molecule has 0 bridgehead atoms. The van der Waals surface area contributed by atoms with Gasteiger partial charge in [0.25, 0.3) is 11.8 Å². The molecule has 2 amide bonds. The number of aromatic nitrogens is 3. The molecule has 34 heavy (non-hydrogen) atoms. The minimum Gasteiger partial charge on any atom is -0.322 e. The van der Waals surface area contributed by atoms with E-state index in [-0.39, 0.29) is 29.5 Å². The predicted octanol–water partition coefficient (Wildman–Crippen LogP) is 3.95. The minimum atomic E-state index is -4.26. The number of amides is 2. The Balaban J connectivity index is 1.56. The Kier molecular flexibility index (Phi) is 6.06. The highest BCUT2D eigenvalue weighted by Gasteiger charge is 2.36. The van der Waals surface area contributed by atoms with Gasteiger partial charge >= 0.3 is 6.18 Å². The molecule has 2 aromatic heterocycles. The molecule has 1 aromatic carbocycles. The van der Waals surface area contributed by atoms with E-state index in [1.165, 1.54) is 40.2 Å². The van der Waals surface area contributed by atoms with Gasteiger partial charge in [-0.2, -0.15) is 23.5 Å². The Morgan fingerprint density at radius 3 is 2.74 bits per heavy atom. The molecule has 1 atom stereocenters. The van der Waals surface area contributed by atoms with Gasteiger partial charge in [-0.15, -0.1) is 0 Å². The highest BCUT2D eigenvalue weighted by molar-refractivity contribution is 6.15. The standard InChI is InChI=1S/C23H19F3N6O2/c1-14-13-31-20(18(12-29-31)21(33)30-17-4-2-3-16(9-17)10-27)22(34)32(14)19-6-5-15(11-28-19)7-8-23(24,25)26/h2-6,9,11-12,14H,7-8,13H2,1H3,(H,30,33)/t14-/m0/s1. The van der Waals surface area contributed by atoms with Gasteiger partial charge in [0.2, 0.25) is 0 Å². The highest BCUT2D eigenvalue weighted by atomic mass is 19.4. The number of hydrogen-bond acceptors (Lipinski definition) is 5. The van der Waals surface area contributed by atoms with Crippen LogP contribution >= 0.6 is 0 Å². The van der Waals surface area contributed by atoms with Gasteiger partial charge in [0, 0.05) is 18.3 Å². The van der Waals surface area contributed by atoms with E-state index in [0.717, 1.165) is 0 Å².